The number of hydroxylamine groups is 2. The van der Waals surface area contributed by atoms with Gasteiger partial charge in [-0.25, -0.2) is 4.79 Å². The molecule has 0 saturated carbocycles. The van der Waals surface area contributed by atoms with Gasteiger partial charge >= 0.3 is 11.9 Å². The Labute approximate surface area is 285 Å². The zero-order valence-electron chi connectivity index (χ0n) is 27.2. The Morgan fingerprint density at radius 3 is 2.22 bits per heavy atom. The van der Waals surface area contributed by atoms with Crippen molar-refractivity contribution in [3.63, 3.8) is 0 Å². The Bertz CT molecular complexity index is 1060. The zero-order valence-corrected chi connectivity index (χ0v) is 29.7. The van der Waals surface area contributed by atoms with Crippen LogP contribution >= 0.6 is 35.7 Å². The molecule has 46 heavy (non-hydrogen) atoms. The predicted octanol–water partition coefficient (Wildman–Crippen LogP) is 3.72. The molecular formula is C30H47N3O10S3. The molecule has 1 aliphatic rings. The summed E-state index contributed by atoms with van der Waals surface area (Å²) in [6.07, 6.45) is 2.24. The molecule has 2 atom stereocenters. The Balaban J connectivity index is 2.49. The molecule has 1 fully saturated rings. The predicted molar refractivity (Wildman–Crippen MR) is 177 cm³/mol. The van der Waals surface area contributed by atoms with E-state index in [2.05, 4.69) is 11.4 Å². The molecule has 1 heterocycles. The van der Waals surface area contributed by atoms with Gasteiger partial charge in [-0.3, -0.25) is 19.2 Å². The summed E-state index contributed by atoms with van der Waals surface area (Å²) in [5, 5.41) is 13.4. The van der Waals surface area contributed by atoms with Crippen LogP contribution in [0.1, 0.15) is 78.6 Å². The van der Waals surface area contributed by atoms with Crippen molar-refractivity contribution >= 4 is 68.9 Å². The lowest BCUT2D eigenvalue weighted by molar-refractivity contribution is -0.197. The maximum Gasteiger partial charge on any atom is 0.333 e. The lowest BCUT2D eigenvalue weighted by Gasteiger charge is -2.33. The first-order valence-corrected chi connectivity index (χ1v) is 17.5. The van der Waals surface area contributed by atoms with Crippen LogP contribution in [0.15, 0.2) is 0 Å². The summed E-state index contributed by atoms with van der Waals surface area (Å²) < 4.78 is 20.6. The van der Waals surface area contributed by atoms with Gasteiger partial charge in [0.2, 0.25) is 5.91 Å². The molecule has 2 unspecified atom stereocenters. The van der Waals surface area contributed by atoms with Crippen molar-refractivity contribution in [2.24, 2.45) is 5.41 Å². The van der Waals surface area contributed by atoms with E-state index >= 15 is 0 Å². The zero-order chi connectivity index (χ0) is 34.4. The van der Waals surface area contributed by atoms with E-state index in [0.717, 1.165) is 5.75 Å². The van der Waals surface area contributed by atoms with E-state index in [1.54, 1.807) is 21.0 Å². The Kier molecular flexibility index (Phi) is 21.0. The molecule has 0 aliphatic carbocycles. The number of amides is 3. The molecule has 3 amide bonds. The summed E-state index contributed by atoms with van der Waals surface area (Å²) >= 11 is 8.09. The molecule has 0 bridgehead atoms. The standard InChI is InChI=1S/C30H47N3O10S3/c1-5-45-28(44)46-30(3,27(38)42-20-19-41-18-17-40-16-15-39-4)21-29(2,22-31)13-12-23(34)32-14-8-6-7-9-26(37)43-33-24(35)10-11-25(33)36/h5-21H2,1-4H3,(H,32,34). The average molecular weight is 706 g/mol. The molecule has 1 rings (SSSR count). The van der Waals surface area contributed by atoms with Crippen LogP contribution in [0.3, 0.4) is 0 Å². The minimum atomic E-state index is -1.15. The van der Waals surface area contributed by atoms with E-state index in [-0.39, 0.29) is 57.6 Å². The fourth-order valence-electron chi connectivity index (χ4n) is 4.30. The molecule has 16 heteroatoms. The van der Waals surface area contributed by atoms with E-state index in [0.29, 0.717) is 60.8 Å². The first kappa shape index (κ1) is 41.7. The third-order valence-corrected chi connectivity index (χ3v) is 9.41. The van der Waals surface area contributed by atoms with Crippen molar-refractivity contribution in [3.8, 4) is 6.07 Å². The highest BCUT2D eigenvalue weighted by Crippen LogP contribution is 2.43. The summed E-state index contributed by atoms with van der Waals surface area (Å²) in [6, 6.07) is 2.29. The topological polar surface area (TPSA) is 171 Å². The van der Waals surface area contributed by atoms with Gasteiger partial charge in [0.1, 0.15) is 14.9 Å². The van der Waals surface area contributed by atoms with Gasteiger partial charge < -0.3 is 29.1 Å². The van der Waals surface area contributed by atoms with Gasteiger partial charge in [0.05, 0.1) is 44.5 Å². The van der Waals surface area contributed by atoms with E-state index in [4.69, 9.17) is 36.0 Å². The van der Waals surface area contributed by atoms with Crippen LogP contribution in [0, 0.1) is 16.7 Å². The quantitative estimate of drug-likeness (QED) is 0.0667. The number of ether oxygens (including phenoxy) is 4. The number of esters is 1. The summed E-state index contributed by atoms with van der Waals surface area (Å²) in [4.78, 5) is 65.6. The SMILES string of the molecule is CCSC(=S)SC(C)(CC(C)(C#N)CCC(=O)NCCCCCC(=O)ON1C(=O)CCC1=O)C(=O)OCCOCCOCCOC. The van der Waals surface area contributed by atoms with Crippen LogP contribution in [-0.2, 0) is 47.8 Å². The number of imide groups is 1. The lowest BCUT2D eigenvalue weighted by atomic mass is 9.78. The molecule has 1 aliphatic heterocycles. The number of nitriles is 1. The molecule has 0 aromatic rings. The number of carbonyl (C=O) groups excluding carboxylic acids is 5. The average Bonchev–Trinajstić information content (AvgIpc) is 3.32. The highest BCUT2D eigenvalue weighted by molar-refractivity contribution is 8.47. The second-order valence-corrected chi connectivity index (χ2v) is 14.9. The minimum absolute atomic E-state index is 0.0331. The van der Waals surface area contributed by atoms with Gasteiger partial charge in [0, 0.05) is 39.3 Å². The fraction of sp³-hybridized carbons (Fsp3) is 0.767. The van der Waals surface area contributed by atoms with Gasteiger partial charge in [-0.15, -0.1) is 16.8 Å². The molecule has 0 aromatic heterocycles. The number of unbranched alkanes of at least 4 members (excludes halogenated alkanes) is 2. The van der Waals surface area contributed by atoms with Crippen molar-refractivity contribution in [2.75, 3.05) is 59.0 Å². The van der Waals surface area contributed by atoms with Crippen LogP contribution in [-0.4, -0.2) is 102 Å². The number of methoxy groups -OCH3 is 1. The number of rotatable bonds is 24. The lowest BCUT2D eigenvalue weighted by Crippen LogP contribution is -2.40. The van der Waals surface area contributed by atoms with Crippen molar-refractivity contribution < 1.29 is 47.8 Å². The number of hydrogen-bond donors (Lipinski definition) is 1. The van der Waals surface area contributed by atoms with Crippen LogP contribution in [0.5, 0.6) is 0 Å². The fourth-order valence-corrected chi connectivity index (χ4v) is 7.48. The highest BCUT2D eigenvalue weighted by Gasteiger charge is 2.44. The molecule has 0 spiro atoms. The first-order chi connectivity index (χ1) is 21.9. The normalized spacial score (nSPS) is 15.5. The Morgan fingerprint density at radius 2 is 1.61 bits per heavy atom. The van der Waals surface area contributed by atoms with E-state index in [9.17, 15) is 29.2 Å². The second kappa shape index (κ2) is 23.1. The van der Waals surface area contributed by atoms with Crippen molar-refractivity contribution in [1.29, 1.82) is 5.26 Å². The molecule has 260 valence electrons. The van der Waals surface area contributed by atoms with E-state index in [1.807, 2.05) is 6.92 Å². The monoisotopic (exact) mass is 705 g/mol. The molecule has 13 nitrogen and oxygen atoms in total. The van der Waals surface area contributed by atoms with E-state index in [1.165, 1.54) is 23.5 Å². The van der Waals surface area contributed by atoms with Crippen LogP contribution in [0.2, 0.25) is 0 Å². The summed E-state index contributed by atoms with van der Waals surface area (Å²) in [7, 11) is 1.59. The summed E-state index contributed by atoms with van der Waals surface area (Å²) in [6.45, 7) is 7.69. The molecule has 0 radical (unpaired) electrons. The largest absolute Gasteiger partial charge is 0.462 e. The van der Waals surface area contributed by atoms with E-state index < -0.39 is 33.9 Å². The minimum Gasteiger partial charge on any atom is -0.462 e. The smallest absolute Gasteiger partial charge is 0.333 e. The van der Waals surface area contributed by atoms with Crippen molar-refractivity contribution in [2.45, 2.75) is 83.3 Å². The van der Waals surface area contributed by atoms with Crippen LogP contribution < -0.4 is 5.32 Å². The number of hydrogen-bond acceptors (Lipinski definition) is 14. The number of carbonyl (C=O) groups is 5. The number of thiocarbonyl (C=S) groups is 1. The molecule has 1 N–H and O–H groups in total. The van der Waals surface area contributed by atoms with Gasteiger partial charge in [-0.1, -0.05) is 37.3 Å². The molecular weight excluding hydrogens is 659 g/mol. The van der Waals surface area contributed by atoms with Gasteiger partial charge in [-0.05, 0) is 45.3 Å². The van der Waals surface area contributed by atoms with Crippen LogP contribution in [0.25, 0.3) is 0 Å². The first-order valence-electron chi connectivity index (χ1n) is 15.3. The van der Waals surface area contributed by atoms with Crippen molar-refractivity contribution in [3.05, 3.63) is 0 Å². The van der Waals surface area contributed by atoms with Gasteiger partial charge in [0.15, 0.2) is 0 Å². The molecule has 0 aromatic carbocycles. The van der Waals surface area contributed by atoms with Crippen LogP contribution in [0.4, 0.5) is 0 Å². The van der Waals surface area contributed by atoms with Gasteiger partial charge in [-0.2, -0.15) is 5.26 Å². The summed E-state index contributed by atoms with van der Waals surface area (Å²) in [5.74, 6) is -1.70. The van der Waals surface area contributed by atoms with Crippen molar-refractivity contribution in [1.82, 2.24) is 10.4 Å². The summed E-state index contributed by atoms with van der Waals surface area (Å²) in [5.41, 5.74) is -1.01. The highest BCUT2D eigenvalue weighted by atomic mass is 32.2. The maximum atomic E-state index is 13.3. The molecule has 1 saturated heterocycles. The number of nitrogens with one attached hydrogen (secondary N) is 1. The number of thioether (sulfide) groups is 2. The maximum absolute atomic E-state index is 13.3. The third kappa shape index (κ3) is 17.0. The number of nitrogens with zero attached hydrogens (tertiary/aromatic N) is 2. The Morgan fingerprint density at radius 1 is 0.978 bits per heavy atom. The Hall–Kier alpha value is -2.29. The third-order valence-electron chi connectivity index (χ3n) is 6.75. The van der Waals surface area contributed by atoms with Gasteiger partial charge in [0.25, 0.3) is 11.8 Å². The second-order valence-electron chi connectivity index (χ2n) is 10.9.